The van der Waals surface area contributed by atoms with Gasteiger partial charge in [-0.1, -0.05) is 54.6 Å². The summed E-state index contributed by atoms with van der Waals surface area (Å²) in [5, 5.41) is 34.0. The zero-order valence-corrected chi connectivity index (χ0v) is 15.1. The predicted molar refractivity (Wildman–Crippen MR) is 106 cm³/mol. The number of halogens is 1. The van der Waals surface area contributed by atoms with E-state index in [9.17, 15) is 15.3 Å². The van der Waals surface area contributed by atoms with Gasteiger partial charge in [0.15, 0.2) is 0 Å². The van der Waals surface area contributed by atoms with Crippen molar-refractivity contribution in [1.82, 2.24) is 5.32 Å². The molecule has 3 aromatic rings. The van der Waals surface area contributed by atoms with Crippen molar-refractivity contribution in [2.24, 2.45) is 0 Å². The van der Waals surface area contributed by atoms with E-state index < -0.39 is 5.54 Å². The summed E-state index contributed by atoms with van der Waals surface area (Å²) in [5.74, 6) is 0. The number of fused-ring (bicyclic) bond motifs is 3. The number of aliphatic hydroxyl groups excluding tert-OH is 3. The van der Waals surface area contributed by atoms with Crippen molar-refractivity contribution in [3.8, 4) is 22.3 Å². The molecule has 0 spiro atoms. The Balaban J connectivity index is 0.00000196. The van der Waals surface area contributed by atoms with Crippen molar-refractivity contribution >= 4 is 23.2 Å². The second-order valence-electron chi connectivity index (χ2n) is 6.65. The van der Waals surface area contributed by atoms with Crippen molar-refractivity contribution in [1.29, 1.82) is 0 Å². The zero-order chi connectivity index (χ0) is 17.4. The van der Waals surface area contributed by atoms with Crippen LogP contribution in [0.2, 0.25) is 0 Å². The number of rotatable bonds is 6. The summed E-state index contributed by atoms with van der Waals surface area (Å²) in [4.78, 5) is 0. The van der Waals surface area contributed by atoms with Crippen molar-refractivity contribution in [3.63, 3.8) is 0 Å². The summed E-state index contributed by atoms with van der Waals surface area (Å²) in [5.41, 5.74) is 4.98. The molecule has 5 heteroatoms. The summed E-state index contributed by atoms with van der Waals surface area (Å²) in [6.07, 6.45) is 0. The zero-order valence-electron chi connectivity index (χ0n) is 14.3. The highest BCUT2D eigenvalue weighted by Gasteiger charge is 2.28. The van der Waals surface area contributed by atoms with Crippen LogP contribution in [0.5, 0.6) is 0 Å². The molecule has 4 rings (SSSR count). The van der Waals surface area contributed by atoms with Gasteiger partial charge in [-0.2, -0.15) is 0 Å². The minimum atomic E-state index is -1.08. The van der Waals surface area contributed by atoms with Crippen LogP contribution in [0.15, 0.2) is 54.6 Å². The van der Waals surface area contributed by atoms with Crippen LogP contribution in [0.3, 0.4) is 0 Å². The highest BCUT2D eigenvalue weighted by Crippen LogP contribution is 2.47. The molecular weight excluding hydrogens is 350 g/mol. The van der Waals surface area contributed by atoms with Gasteiger partial charge in [0.05, 0.1) is 25.4 Å². The molecule has 0 saturated heterocycles. The van der Waals surface area contributed by atoms with Crippen LogP contribution < -0.4 is 5.32 Å². The molecule has 0 fully saturated rings. The summed E-state index contributed by atoms with van der Waals surface area (Å²) in [7, 11) is 0. The van der Waals surface area contributed by atoms with Gasteiger partial charge in [-0.05, 0) is 38.6 Å². The maximum Gasteiger partial charge on any atom is 0.0884 e. The van der Waals surface area contributed by atoms with Crippen LogP contribution in [0.1, 0.15) is 5.56 Å². The van der Waals surface area contributed by atoms with E-state index in [2.05, 4.69) is 59.9 Å². The monoisotopic (exact) mass is 371 g/mol. The molecule has 136 valence electrons. The maximum atomic E-state index is 9.50. The number of hydrogen-bond acceptors (Lipinski definition) is 4. The third-order valence-electron chi connectivity index (χ3n) is 5.20. The molecule has 1 aliphatic carbocycles. The van der Waals surface area contributed by atoms with E-state index in [1.165, 1.54) is 27.6 Å². The van der Waals surface area contributed by atoms with E-state index in [4.69, 9.17) is 0 Å². The first-order chi connectivity index (χ1) is 12.2. The van der Waals surface area contributed by atoms with Gasteiger partial charge in [0, 0.05) is 6.54 Å². The minimum Gasteiger partial charge on any atom is -0.394 e. The summed E-state index contributed by atoms with van der Waals surface area (Å²) >= 11 is 0. The number of aliphatic hydroxyl groups is 3. The molecule has 1 aliphatic rings. The lowest BCUT2D eigenvalue weighted by atomic mass is 9.97. The molecule has 0 atom stereocenters. The first-order valence-corrected chi connectivity index (χ1v) is 8.45. The second kappa shape index (κ2) is 7.35. The van der Waals surface area contributed by atoms with Gasteiger partial charge >= 0.3 is 0 Å². The fraction of sp³-hybridized carbons (Fsp3) is 0.238. The molecule has 4 N–H and O–H groups in total. The quantitative estimate of drug-likeness (QED) is 0.420. The summed E-state index contributed by atoms with van der Waals surface area (Å²) < 4.78 is 0. The van der Waals surface area contributed by atoms with E-state index in [1.807, 2.05) is 0 Å². The maximum absolute atomic E-state index is 9.50. The highest BCUT2D eigenvalue weighted by atomic mass is 35.5. The largest absolute Gasteiger partial charge is 0.394 e. The Kier molecular flexibility index (Phi) is 5.32. The van der Waals surface area contributed by atoms with E-state index in [1.54, 1.807) is 0 Å². The molecule has 0 amide bonds. The van der Waals surface area contributed by atoms with Crippen LogP contribution in [0.25, 0.3) is 33.0 Å². The predicted octanol–water partition coefficient (Wildman–Crippen LogP) is 2.71. The van der Waals surface area contributed by atoms with Gasteiger partial charge in [0.1, 0.15) is 0 Å². The van der Waals surface area contributed by atoms with Gasteiger partial charge in [-0.3, -0.25) is 0 Å². The molecule has 0 aromatic heterocycles. The Morgan fingerprint density at radius 3 is 1.88 bits per heavy atom. The van der Waals surface area contributed by atoms with Crippen molar-refractivity contribution in [2.75, 3.05) is 19.8 Å². The molecule has 0 bridgehead atoms. The Labute approximate surface area is 158 Å². The Bertz CT molecular complexity index is 900. The molecule has 0 radical (unpaired) electrons. The van der Waals surface area contributed by atoms with Crippen LogP contribution >= 0.6 is 12.4 Å². The van der Waals surface area contributed by atoms with Crippen LogP contribution in [-0.4, -0.2) is 40.7 Å². The smallest absolute Gasteiger partial charge is 0.0884 e. The van der Waals surface area contributed by atoms with Gasteiger partial charge in [0.2, 0.25) is 0 Å². The molecule has 0 saturated carbocycles. The molecular formula is C21H22ClNO3. The van der Waals surface area contributed by atoms with Gasteiger partial charge in [-0.25, -0.2) is 0 Å². The third-order valence-corrected chi connectivity index (χ3v) is 5.20. The standard InChI is InChI=1S/C21H21NO3.ClH/c23-11-21(12-24,13-25)22-10-14-8-9-19-17-5-2-1-4-16(17)18-7-3-6-15(14)20(18)19;/h1-9,22-25H,10-13H2;1H. The molecule has 4 nitrogen and oxygen atoms in total. The van der Waals surface area contributed by atoms with Crippen LogP contribution in [0, 0.1) is 0 Å². The fourth-order valence-corrected chi connectivity index (χ4v) is 3.62. The van der Waals surface area contributed by atoms with Crippen LogP contribution in [0.4, 0.5) is 0 Å². The lowest BCUT2D eigenvalue weighted by Gasteiger charge is -2.29. The van der Waals surface area contributed by atoms with E-state index in [0.29, 0.717) is 6.54 Å². The highest BCUT2D eigenvalue weighted by molar-refractivity contribution is 6.15. The number of nitrogens with one attached hydrogen (secondary N) is 1. The molecule has 0 aliphatic heterocycles. The molecule has 0 unspecified atom stereocenters. The second-order valence-corrected chi connectivity index (χ2v) is 6.65. The topological polar surface area (TPSA) is 72.7 Å². The molecule has 26 heavy (non-hydrogen) atoms. The average Bonchev–Trinajstić information content (AvgIpc) is 3.01. The average molecular weight is 372 g/mol. The Hall–Kier alpha value is -1.95. The first-order valence-electron chi connectivity index (χ1n) is 8.45. The van der Waals surface area contributed by atoms with Crippen molar-refractivity contribution in [3.05, 3.63) is 60.2 Å². The lowest BCUT2D eigenvalue weighted by molar-refractivity contribution is 0.0414. The van der Waals surface area contributed by atoms with Crippen molar-refractivity contribution in [2.45, 2.75) is 12.1 Å². The lowest BCUT2D eigenvalue weighted by Crippen LogP contribution is -2.54. The van der Waals surface area contributed by atoms with Crippen LogP contribution in [-0.2, 0) is 6.54 Å². The number of benzene rings is 3. The molecule has 0 heterocycles. The third kappa shape index (κ3) is 2.80. The van der Waals surface area contributed by atoms with E-state index >= 15 is 0 Å². The van der Waals surface area contributed by atoms with E-state index in [0.717, 1.165) is 10.9 Å². The van der Waals surface area contributed by atoms with E-state index in [-0.39, 0.29) is 32.2 Å². The Morgan fingerprint density at radius 2 is 1.27 bits per heavy atom. The van der Waals surface area contributed by atoms with Gasteiger partial charge < -0.3 is 20.6 Å². The molecule has 3 aromatic carbocycles. The summed E-state index contributed by atoms with van der Waals surface area (Å²) in [6, 6.07) is 18.9. The minimum absolute atomic E-state index is 0. The summed E-state index contributed by atoms with van der Waals surface area (Å²) in [6.45, 7) is -0.523. The number of hydrogen-bond donors (Lipinski definition) is 4. The van der Waals surface area contributed by atoms with Gasteiger partial charge in [-0.15, -0.1) is 12.4 Å². The fourth-order valence-electron chi connectivity index (χ4n) is 3.62. The SMILES string of the molecule is Cl.OCC(CO)(CO)NCc1ccc2c3c(cccc13)-c1ccccc1-2. The normalized spacial score (nSPS) is 12.1. The first kappa shape index (κ1) is 18.8. The van der Waals surface area contributed by atoms with Crippen molar-refractivity contribution < 1.29 is 15.3 Å². The van der Waals surface area contributed by atoms with Gasteiger partial charge in [0.25, 0.3) is 0 Å². The Morgan fingerprint density at radius 1 is 0.692 bits per heavy atom.